The van der Waals surface area contributed by atoms with E-state index in [1.165, 1.54) is 0 Å². The van der Waals surface area contributed by atoms with Crippen molar-refractivity contribution >= 4 is 5.69 Å². The molecule has 0 saturated carbocycles. The van der Waals surface area contributed by atoms with Crippen molar-refractivity contribution in [2.24, 2.45) is 0 Å². The zero-order valence-electron chi connectivity index (χ0n) is 11.1. The van der Waals surface area contributed by atoms with Crippen LogP contribution in [0.15, 0.2) is 42.7 Å². The van der Waals surface area contributed by atoms with Crippen molar-refractivity contribution < 1.29 is 4.74 Å². The predicted octanol–water partition coefficient (Wildman–Crippen LogP) is 2.85. The molecule has 3 heteroatoms. The summed E-state index contributed by atoms with van der Waals surface area (Å²) in [5, 5.41) is 0. The molecule has 1 aromatic carbocycles. The van der Waals surface area contributed by atoms with E-state index in [1.807, 2.05) is 44.2 Å². The summed E-state index contributed by atoms with van der Waals surface area (Å²) in [7, 11) is 0. The Hall–Kier alpha value is -2.47. The Labute approximate surface area is 113 Å². The SMILES string of the molecule is CC(C)Oc1cncc(C#Cc2cccc(N)c2)c1. The molecule has 3 nitrogen and oxygen atoms in total. The van der Waals surface area contributed by atoms with Crippen molar-refractivity contribution in [3.05, 3.63) is 53.9 Å². The molecule has 2 N–H and O–H groups in total. The molecule has 0 unspecified atom stereocenters. The van der Waals surface area contributed by atoms with Crippen molar-refractivity contribution in [3.63, 3.8) is 0 Å². The molecule has 0 fully saturated rings. The Kier molecular flexibility index (Phi) is 4.04. The lowest BCUT2D eigenvalue weighted by Gasteiger charge is -2.08. The number of nitrogen functional groups attached to an aromatic ring is 1. The second-order valence-electron chi connectivity index (χ2n) is 4.45. The zero-order chi connectivity index (χ0) is 13.7. The molecule has 0 bridgehead atoms. The molecule has 0 amide bonds. The molecule has 0 saturated heterocycles. The van der Waals surface area contributed by atoms with Gasteiger partial charge < -0.3 is 10.5 Å². The van der Waals surface area contributed by atoms with Gasteiger partial charge in [-0.3, -0.25) is 4.98 Å². The van der Waals surface area contributed by atoms with Crippen molar-refractivity contribution in [1.29, 1.82) is 0 Å². The molecule has 96 valence electrons. The first-order chi connectivity index (χ1) is 9.13. The number of rotatable bonds is 2. The second-order valence-corrected chi connectivity index (χ2v) is 4.45. The van der Waals surface area contributed by atoms with Crippen molar-refractivity contribution in [1.82, 2.24) is 4.98 Å². The fourth-order valence-electron chi connectivity index (χ4n) is 1.58. The van der Waals surface area contributed by atoms with Crippen LogP contribution in [0.1, 0.15) is 25.0 Å². The highest BCUT2D eigenvalue weighted by Crippen LogP contribution is 2.12. The summed E-state index contributed by atoms with van der Waals surface area (Å²) in [4.78, 5) is 4.12. The average Bonchev–Trinajstić information content (AvgIpc) is 2.36. The molecular weight excluding hydrogens is 236 g/mol. The quantitative estimate of drug-likeness (QED) is 0.660. The highest BCUT2D eigenvalue weighted by atomic mass is 16.5. The van der Waals surface area contributed by atoms with Gasteiger partial charge in [0.1, 0.15) is 5.75 Å². The maximum Gasteiger partial charge on any atom is 0.139 e. The van der Waals surface area contributed by atoms with E-state index in [0.717, 1.165) is 16.9 Å². The lowest BCUT2D eigenvalue weighted by atomic mass is 10.2. The standard InChI is InChI=1S/C16H16N2O/c1-12(2)19-16-9-14(10-18-11-16)7-6-13-4-3-5-15(17)8-13/h3-5,8-12H,17H2,1-2H3. The first-order valence-corrected chi connectivity index (χ1v) is 6.13. The summed E-state index contributed by atoms with van der Waals surface area (Å²) in [6.07, 6.45) is 3.52. The van der Waals surface area contributed by atoms with Gasteiger partial charge in [-0.05, 0) is 38.1 Å². The Morgan fingerprint density at radius 3 is 2.63 bits per heavy atom. The van der Waals surface area contributed by atoms with E-state index in [2.05, 4.69) is 16.8 Å². The largest absolute Gasteiger partial charge is 0.489 e. The third kappa shape index (κ3) is 4.04. The summed E-state index contributed by atoms with van der Waals surface area (Å²) < 4.78 is 5.58. The van der Waals surface area contributed by atoms with Crippen molar-refractivity contribution in [3.8, 4) is 17.6 Å². The molecule has 0 aliphatic rings. The minimum absolute atomic E-state index is 0.124. The van der Waals surface area contributed by atoms with Crippen LogP contribution in [0.5, 0.6) is 5.75 Å². The lowest BCUT2D eigenvalue weighted by molar-refractivity contribution is 0.241. The first-order valence-electron chi connectivity index (χ1n) is 6.13. The zero-order valence-corrected chi connectivity index (χ0v) is 11.1. The van der Waals surface area contributed by atoms with Crippen LogP contribution in [0.3, 0.4) is 0 Å². The fraction of sp³-hybridized carbons (Fsp3) is 0.188. The van der Waals surface area contributed by atoms with Gasteiger partial charge in [0.15, 0.2) is 0 Å². The second kappa shape index (κ2) is 5.92. The van der Waals surface area contributed by atoms with Crippen molar-refractivity contribution in [2.75, 3.05) is 5.73 Å². The van der Waals surface area contributed by atoms with Gasteiger partial charge in [-0.1, -0.05) is 17.9 Å². The number of ether oxygens (including phenoxy) is 1. The van der Waals surface area contributed by atoms with Gasteiger partial charge in [-0.25, -0.2) is 0 Å². The molecule has 0 radical (unpaired) electrons. The van der Waals surface area contributed by atoms with Gasteiger partial charge in [-0.15, -0.1) is 0 Å². The average molecular weight is 252 g/mol. The number of benzene rings is 1. The Morgan fingerprint density at radius 1 is 1.11 bits per heavy atom. The minimum atomic E-state index is 0.124. The Morgan fingerprint density at radius 2 is 1.89 bits per heavy atom. The number of hydrogen-bond acceptors (Lipinski definition) is 3. The first kappa shape index (κ1) is 13.0. The number of nitrogens with zero attached hydrogens (tertiary/aromatic N) is 1. The number of pyridine rings is 1. The van der Waals surface area contributed by atoms with Crippen molar-refractivity contribution in [2.45, 2.75) is 20.0 Å². The molecule has 0 aliphatic heterocycles. The molecule has 1 heterocycles. The maximum atomic E-state index is 5.71. The monoisotopic (exact) mass is 252 g/mol. The molecule has 0 spiro atoms. The van der Waals surface area contributed by atoms with Gasteiger partial charge in [0.05, 0.1) is 12.3 Å². The van der Waals surface area contributed by atoms with Gasteiger partial charge >= 0.3 is 0 Å². The molecule has 2 rings (SSSR count). The topological polar surface area (TPSA) is 48.1 Å². The number of nitrogens with two attached hydrogens (primary N) is 1. The number of hydrogen-bond donors (Lipinski definition) is 1. The summed E-state index contributed by atoms with van der Waals surface area (Å²) in [6.45, 7) is 3.95. The number of aromatic nitrogens is 1. The highest BCUT2D eigenvalue weighted by Gasteiger charge is 1.98. The summed E-state index contributed by atoms with van der Waals surface area (Å²) in [5.41, 5.74) is 8.12. The van der Waals surface area contributed by atoms with Crippen LogP contribution in [-0.2, 0) is 0 Å². The predicted molar refractivity (Wildman–Crippen MR) is 76.8 cm³/mol. The lowest BCUT2D eigenvalue weighted by Crippen LogP contribution is -2.05. The van der Waals surface area contributed by atoms with E-state index in [-0.39, 0.29) is 6.10 Å². The molecular formula is C16H16N2O. The van der Waals surface area contributed by atoms with E-state index < -0.39 is 0 Å². The summed E-state index contributed by atoms with van der Waals surface area (Å²) in [6, 6.07) is 9.37. The van der Waals surface area contributed by atoms with Crippen LogP contribution < -0.4 is 10.5 Å². The van der Waals surface area contributed by atoms with Crippen LogP contribution in [0.2, 0.25) is 0 Å². The van der Waals surface area contributed by atoms with Crippen LogP contribution >= 0.6 is 0 Å². The normalized spacial score (nSPS) is 9.84. The van der Waals surface area contributed by atoms with Crippen LogP contribution in [0, 0.1) is 11.8 Å². The van der Waals surface area contributed by atoms with E-state index >= 15 is 0 Å². The molecule has 2 aromatic rings. The van der Waals surface area contributed by atoms with Gasteiger partial charge in [0, 0.05) is 23.0 Å². The molecule has 0 atom stereocenters. The fourth-order valence-corrected chi connectivity index (χ4v) is 1.58. The summed E-state index contributed by atoms with van der Waals surface area (Å²) in [5.74, 6) is 6.84. The van der Waals surface area contributed by atoms with E-state index in [1.54, 1.807) is 12.4 Å². The Balaban J connectivity index is 2.20. The highest BCUT2D eigenvalue weighted by molar-refractivity contribution is 5.49. The minimum Gasteiger partial charge on any atom is -0.489 e. The molecule has 19 heavy (non-hydrogen) atoms. The van der Waals surface area contributed by atoms with Crippen LogP contribution in [-0.4, -0.2) is 11.1 Å². The van der Waals surface area contributed by atoms with E-state index in [9.17, 15) is 0 Å². The van der Waals surface area contributed by atoms with E-state index in [0.29, 0.717) is 5.69 Å². The maximum absolute atomic E-state index is 5.71. The molecule has 0 aliphatic carbocycles. The van der Waals surface area contributed by atoms with Gasteiger partial charge in [0.25, 0.3) is 0 Å². The third-order valence-electron chi connectivity index (χ3n) is 2.32. The third-order valence-corrected chi connectivity index (χ3v) is 2.32. The molecule has 1 aromatic heterocycles. The smallest absolute Gasteiger partial charge is 0.139 e. The van der Waals surface area contributed by atoms with Gasteiger partial charge in [0.2, 0.25) is 0 Å². The van der Waals surface area contributed by atoms with Crippen LogP contribution in [0.4, 0.5) is 5.69 Å². The Bertz CT molecular complexity index is 624. The van der Waals surface area contributed by atoms with E-state index in [4.69, 9.17) is 10.5 Å². The van der Waals surface area contributed by atoms with Gasteiger partial charge in [-0.2, -0.15) is 0 Å². The van der Waals surface area contributed by atoms with Crippen LogP contribution in [0.25, 0.3) is 0 Å². The number of anilines is 1. The summed E-state index contributed by atoms with van der Waals surface area (Å²) >= 11 is 0.